The Labute approximate surface area is 164 Å². The highest BCUT2D eigenvalue weighted by atomic mass is 35.5. The number of nitrogens with one attached hydrogen (secondary N) is 1. The second-order valence-corrected chi connectivity index (χ2v) is 7.06. The van der Waals surface area contributed by atoms with Gasteiger partial charge in [-0.05, 0) is 24.3 Å². The fourth-order valence-electron chi connectivity index (χ4n) is 2.07. The lowest BCUT2D eigenvalue weighted by Crippen LogP contribution is -1.93. The molecule has 0 fully saturated rings. The molecule has 0 saturated carbocycles. The maximum Gasteiger partial charge on any atom is 0.136 e. The van der Waals surface area contributed by atoms with E-state index in [1.807, 2.05) is 17.5 Å². The van der Waals surface area contributed by atoms with Crippen LogP contribution in [0.15, 0.2) is 54.0 Å². The number of thiazole rings is 1. The summed E-state index contributed by atoms with van der Waals surface area (Å²) in [5.41, 5.74) is 2.66. The monoisotopic (exact) mass is 405 g/mol. The normalized spacial score (nSPS) is 11.2. The molecular formula is C18H10Cl3N3S. The number of benzene rings is 2. The average molecular weight is 407 g/mol. The van der Waals surface area contributed by atoms with Gasteiger partial charge in [0.15, 0.2) is 0 Å². The van der Waals surface area contributed by atoms with Crippen LogP contribution in [0.1, 0.15) is 5.01 Å². The first-order valence-electron chi connectivity index (χ1n) is 7.11. The topological polar surface area (TPSA) is 48.7 Å². The minimum Gasteiger partial charge on any atom is -0.358 e. The smallest absolute Gasteiger partial charge is 0.136 e. The summed E-state index contributed by atoms with van der Waals surface area (Å²) < 4.78 is 0. The van der Waals surface area contributed by atoms with Crippen LogP contribution in [0.4, 0.5) is 5.69 Å². The van der Waals surface area contributed by atoms with Gasteiger partial charge < -0.3 is 5.32 Å². The van der Waals surface area contributed by atoms with E-state index in [-0.39, 0.29) is 0 Å². The third-order valence-electron chi connectivity index (χ3n) is 3.32. The summed E-state index contributed by atoms with van der Waals surface area (Å²) in [7, 11) is 0. The molecule has 0 radical (unpaired) electrons. The van der Waals surface area contributed by atoms with Crippen LogP contribution in [0.3, 0.4) is 0 Å². The molecule has 0 aliphatic heterocycles. The Hall–Kier alpha value is -2.03. The van der Waals surface area contributed by atoms with Crippen LogP contribution < -0.4 is 5.32 Å². The van der Waals surface area contributed by atoms with Gasteiger partial charge in [-0.2, -0.15) is 5.26 Å². The molecule has 25 heavy (non-hydrogen) atoms. The van der Waals surface area contributed by atoms with E-state index in [1.54, 1.807) is 36.5 Å². The van der Waals surface area contributed by atoms with E-state index in [0.717, 1.165) is 11.3 Å². The molecule has 3 aromatic rings. The molecule has 0 spiro atoms. The highest BCUT2D eigenvalue weighted by molar-refractivity contribution is 7.11. The van der Waals surface area contributed by atoms with Gasteiger partial charge in [0.25, 0.3) is 0 Å². The van der Waals surface area contributed by atoms with Crippen molar-refractivity contribution in [3.8, 4) is 17.3 Å². The first kappa shape index (κ1) is 17.8. The molecule has 0 atom stereocenters. The van der Waals surface area contributed by atoms with Gasteiger partial charge in [-0.3, -0.25) is 0 Å². The summed E-state index contributed by atoms with van der Waals surface area (Å²) in [4.78, 5) is 4.52. The Kier molecular flexibility index (Phi) is 5.62. The van der Waals surface area contributed by atoms with Crippen molar-refractivity contribution in [3.05, 3.63) is 74.1 Å². The molecule has 1 aromatic heterocycles. The van der Waals surface area contributed by atoms with Crippen molar-refractivity contribution in [1.29, 1.82) is 5.26 Å². The Morgan fingerprint density at radius 2 is 1.76 bits per heavy atom. The summed E-state index contributed by atoms with van der Waals surface area (Å²) in [5.74, 6) is 0. The second-order valence-electron chi connectivity index (χ2n) is 4.96. The number of halogens is 3. The third-order valence-corrected chi connectivity index (χ3v) is 5.08. The number of anilines is 1. The Bertz CT molecular complexity index is 952. The molecule has 3 rings (SSSR count). The summed E-state index contributed by atoms with van der Waals surface area (Å²) in [6.07, 6.45) is 1.55. The van der Waals surface area contributed by atoms with E-state index >= 15 is 0 Å². The molecule has 0 amide bonds. The number of nitrogens with zero attached hydrogens (tertiary/aromatic N) is 2. The lowest BCUT2D eigenvalue weighted by Gasteiger charge is -2.06. The summed E-state index contributed by atoms with van der Waals surface area (Å²) in [6.45, 7) is 0. The molecule has 0 unspecified atom stereocenters. The van der Waals surface area contributed by atoms with E-state index in [4.69, 9.17) is 34.8 Å². The van der Waals surface area contributed by atoms with E-state index in [0.29, 0.717) is 31.3 Å². The quantitative estimate of drug-likeness (QED) is 0.488. The lowest BCUT2D eigenvalue weighted by atomic mass is 10.2. The molecule has 0 bridgehead atoms. The van der Waals surface area contributed by atoms with Gasteiger partial charge in [-0.15, -0.1) is 11.3 Å². The number of hydrogen-bond donors (Lipinski definition) is 1. The van der Waals surface area contributed by atoms with Crippen molar-refractivity contribution < 1.29 is 0 Å². The standard InChI is InChI=1S/C18H10Cl3N3S/c19-13-6-4-11(5-7-13)16-10-25-18(24-16)12(8-22)9-23-17-14(20)2-1-3-15(17)21/h1-7,9-10,23H/b12-9+. The Morgan fingerprint density at radius 3 is 2.40 bits per heavy atom. The predicted octanol–water partition coefficient (Wildman–Crippen LogP) is 6.75. The predicted molar refractivity (Wildman–Crippen MR) is 106 cm³/mol. The van der Waals surface area contributed by atoms with Gasteiger partial charge in [-0.1, -0.05) is 53.0 Å². The fraction of sp³-hybridized carbons (Fsp3) is 0. The van der Waals surface area contributed by atoms with Crippen molar-refractivity contribution in [2.75, 3.05) is 5.32 Å². The zero-order valence-corrected chi connectivity index (χ0v) is 15.7. The maximum atomic E-state index is 9.44. The van der Waals surface area contributed by atoms with Crippen molar-refractivity contribution >= 4 is 57.4 Å². The largest absolute Gasteiger partial charge is 0.358 e. The molecule has 0 aliphatic carbocycles. The zero-order chi connectivity index (χ0) is 17.8. The fourth-order valence-corrected chi connectivity index (χ4v) is 3.50. The van der Waals surface area contributed by atoms with Gasteiger partial charge >= 0.3 is 0 Å². The first-order valence-corrected chi connectivity index (χ1v) is 9.12. The minimum atomic E-state index is 0.390. The zero-order valence-electron chi connectivity index (χ0n) is 12.6. The molecule has 124 valence electrons. The van der Waals surface area contributed by atoms with Crippen molar-refractivity contribution in [2.24, 2.45) is 0 Å². The Balaban J connectivity index is 1.87. The van der Waals surface area contributed by atoms with Crippen LogP contribution >= 0.6 is 46.1 Å². The van der Waals surface area contributed by atoms with Crippen molar-refractivity contribution in [2.45, 2.75) is 0 Å². The van der Waals surface area contributed by atoms with Crippen molar-refractivity contribution in [3.63, 3.8) is 0 Å². The second kappa shape index (κ2) is 7.90. The van der Waals surface area contributed by atoms with Crippen LogP contribution in [0.25, 0.3) is 16.8 Å². The van der Waals surface area contributed by atoms with Gasteiger partial charge in [0.1, 0.15) is 16.6 Å². The lowest BCUT2D eigenvalue weighted by molar-refractivity contribution is 1.36. The van der Waals surface area contributed by atoms with Crippen LogP contribution in [0, 0.1) is 11.3 Å². The minimum absolute atomic E-state index is 0.390. The average Bonchev–Trinajstić information content (AvgIpc) is 3.08. The number of aromatic nitrogens is 1. The third kappa shape index (κ3) is 4.15. The molecule has 3 nitrogen and oxygen atoms in total. The number of rotatable bonds is 4. The van der Waals surface area contributed by atoms with E-state index in [2.05, 4.69) is 16.4 Å². The van der Waals surface area contributed by atoms with Crippen LogP contribution in [-0.4, -0.2) is 4.98 Å². The van der Waals surface area contributed by atoms with Crippen LogP contribution in [0.2, 0.25) is 15.1 Å². The van der Waals surface area contributed by atoms with Gasteiger partial charge in [0, 0.05) is 22.2 Å². The first-order chi connectivity index (χ1) is 12.1. The summed E-state index contributed by atoms with van der Waals surface area (Å²) >= 11 is 19.5. The summed E-state index contributed by atoms with van der Waals surface area (Å²) in [6, 6.07) is 14.7. The number of para-hydroxylation sites is 1. The molecule has 0 aliphatic rings. The highest BCUT2D eigenvalue weighted by Gasteiger charge is 2.10. The number of allylic oxidation sites excluding steroid dienone is 1. The maximum absolute atomic E-state index is 9.44. The van der Waals surface area contributed by atoms with Crippen molar-refractivity contribution in [1.82, 2.24) is 4.98 Å². The van der Waals surface area contributed by atoms with Gasteiger partial charge in [0.05, 0.1) is 21.4 Å². The van der Waals surface area contributed by atoms with E-state index in [9.17, 15) is 5.26 Å². The van der Waals surface area contributed by atoms with E-state index in [1.165, 1.54) is 11.3 Å². The van der Waals surface area contributed by atoms with Gasteiger partial charge in [0.2, 0.25) is 0 Å². The molecule has 7 heteroatoms. The molecular weight excluding hydrogens is 397 g/mol. The summed E-state index contributed by atoms with van der Waals surface area (Å²) in [5, 5.41) is 16.5. The van der Waals surface area contributed by atoms with Gasteiger partial charge in [-0.25, -0.2) is 4.98 Å². The van der Waals surface area contributed by atoms with Crippen LogP contribution in [0.5, 0.6) is 0 Å². The molecule has 1 N–H and O–H groups in total. The van der Waals surface area contributed by atoms with E-state index < -0.39 is 0 Å². The SMILES string of the molecule is N#C/C(=C\Nc1c(Cl)cccc1Cl)c1nc(-c2ccc(Cl)cc2)cs1. The Morgan fingerprint density at radius 1 is 1.08 bits per heavy atom. The number of nitriles is 1. The number of hydrogen-bond acceptors (Lipinski definition) is 4. The molecule has 0 saturated heterocycles. The highest BCUT2D eigenvalue weighted by Crippen LogP contribution is 2.31. The molecule has 2 aromatic carbocycles. The molecule has 1 heterocycles. The van der Waals surface area contributed by atoms with Crippen LogP contribution in [-0.2, 0) is 0 Å².